The number of nitrogens with zero attached hydrogens (tertiary/aromatic N) is 1. The van der Waals surface area contributed by atoms with Crippen molar-refractivity contribution in [3.63, 3.8) is 0 Å². The van der Waals surface area contributed by atoms with E-state index in [1.54, 1.807) is 12.1 Å². The van der Waals surface area contributed by atoms with Crippen LogP contribution in [0.15, 0.2) is 18.2 Å². The third kappa shape index (κ3) is 2.46. The first kappa shape index (κ1) is 9.56. The van der Waals surface area contributed by atoms with Crippen molar-refractivity contribution in [3.8, 4) is 6.07 Å². The van der Waals surface area contributed by atoms with Crippen LogP contribution in [0.2, 0.25) is 0 Å². The van der Waals surface area contributed by atoms with E-state index in [0.29, 0.717) is 11.3 Å². The average molecular weight is 175 g/mol. The third-order valence-corrected chi connectivity index (χ3v) is 1.80. The molecule has 3 nitrogen and oxygen atoms in total. The molecule has 0 fully saturated rings. The second-order valence-corrected chi connectivity index (χ2v) is 3.21. The molecule has 0 saturated heterocycles. The van der Waals surface area contributed by atoms with Crippen molar-refractivity contribution in [2.75, 3.05) is 5.73 Å². The van der Waals surface area contributed by atoms with E-state index in [-0.39, 0.29) is 6.04 Å². The van der Waals surface area contributed by atoms with Gasteiger partial charge in [-0.25, -0.2) is 0 Å². The third-order valence-electron chi connectivity index (χ3n) is 1.80. The Hall–Kier alpha value is -1.53. The summed E-state index contributed by atoms with van der Waals surface area (Å²) in [4.78, 5) is 0. The SMILES string of the molecule is C[C@H](N)Cc1ccc(N)c(C#N)c1. The molecule has 1 aromatic carbocycles. The maximum absolute atomic E-state index is 8.72. The van der Waals surface area contributed by atoms with E-state index >= 15 is 0 Å². The van der Waals surface area contributed by atoms with Crippen molar-refractivity contribution in [3.05, 3.63) is 29.3 Å². The molecule has 1 rings (SSSR count). The second-order valence-electron chi connectivity index (χ2n) is 3.21. The lowest BCUT2D eigenvalue weighted by molar-refractivity contribution is 0.738. The maximum Gasteiger partial charge on any atom is 0.101 e. The number of nitrogens with two attached hydrogens (primary N) is 2. The summed E-state index contributed by atoms with van der Waals surface area (Å²) in [6.07, 6.45) is 0.773. The molecule has 0 aliphatic heterocycles. The minimum atomic E-state index is 0.107. The van der Waals surface area contributed by atoms with Crippen LogP contribution in [0.1, 0.15) is 18.1 Å². The van der Waals surface area contributed by atoms with Crippen LogP contribution in [-0.2, 0) is 6.42 Å². The van der Waals surface area contributed by atoms with Crippen molar-refractivity contribution in [1.29, 1.82) is 5.26 Å². The van der Waals surface area contributed by atoms with Crippen LogP contribution in [0.5, 0.6) is 0 Å². The fraction of sp³-hybridized carbons (Fsp3) is 0.300. The van der Waals surface area contributed by atoms with Crippen molar-refractivity contribution < 1.29 is 0 Å². The Kier molecular flexibility index (Phi) is 2.88. The standard InChI is InChI=1S/C10H13N3/c1-7(12)4-8-2-3-10(13)9(5-8)6-11/h2-3,5,7H,4,12-13H2,1H3/t7-/m0/s1. The summed E-state index contributed by atoms with van der Waals surface area (Å²) in [5.74, 6) is 0. The first-order valence-corrected chi connectivity index (χ1v) is 4.17. The molecular formula is C10H13N3. The fourth-order valence-electron chi connectivity index (χ4n) is 1.20. The zero-order valence-corrected chi connectivity index (χ0v) is 7.62. The molecule has 0 aliphatic rings. The molecule has 0 saturated carbocycles. The zero-order chi connectivity index (χ0) is 9.84. The summed E-state index contributed by atoms with van der Waals surface area (Å²) >= 11 is 0. The summed E-state index contributed by atoms with van der Waals surface area (Å²) in [5, 5.41) is 8.72. The molecule has 1 atom stereocenters. The van der Waals surface area contributed by atoms with Crippen LogP contribution in [0.25, 0.3) is 0 Å². The molecule has 68 valence electrons. The van der Waals surface area contributed by atoms with Crippen molar-refractivity contribution in [2.24, 2.45) is 5.73 Å². The Balaban J connectivity index is 2.95. The number of hydrogen-bond donors (Lipinski definition) is 2. The molecule has 0 amide bonds. The summed E-state index contributed by atoms with van der Waals surface area (Å²) in [5.41, 5.74) is 13.3. The smallest absolute Gasteiger partial charge is 0.101 e. The highest BCUT2D eigenvalue weighted by molar-refractivity contribution is 5.55. The van der Waals surface area contributed by atoms with Gasteiger partial charge in [0.2, 0.25) is 0 Å². The lowest BCUT2D eigenvalue weighted by Crippen LogP contribution is -2.17. The number of nitrogen functional groups attached to an aromatic ring is 1. The molecule has 0 heterocycles. The summed E-state index contributed by atoms with van der Waals surface area (Å²) in [7, 11) is 0. The fourth-order valence-corrected chi connectivity index (χ4v) is 1.20. The highest BCUT2D eigenvalue weighted by Gasteiger charge is 2.01. The molecule has 0 aromatic heterocycles. The number of rotatable bonds is 2. The predicted octanol–water partition coefficient (Wildman–Crippen LogP) is 1.03. The molecule has 0 bridgehead atoms. The molecule has 13 heavy (non-hydrogen) atoms. The Labute approximate surface area is 78.0 Å². The Morgan fingerprint density at radius 2 is 2.23 bits per heavy atom. The number of hydrogen-bond acceptors (Lipinski definition) is 3. The van der Waals surface area contributed by atoms with E-state index in [1.165, 1.54) is 0 Å². The largest absolute Gasteiger partial charge is 0.398 e. The van der Waals surface area contributed by atoms with E-state index in [4.69, 9.17) is 16.7 Å². The monoisotopic (exact) mass is 175 g/mol. The quantitative estimate of drug-likeness (QED) is 0.659. The Bertz CT molecular complexity index is 337. The van der Waals surface area contributed by atoms with E-state index in [2.05, 4.69) is 0 Å². The van der Waals surface area contributed by atoms with Crippen LogP contribution in [0.4, 0.5) is 5.69 Å². The zero-order valence-electron chi connectivity index (χ0n) is 7.62. The van der Waals surface area contributed by atoms with Gasteiger partial charge in [-0.05, 0) is 31.0 Å². The predicted molar refractivity (Wildman–Crippen MR) is 52.9 cm³/mol. The van der Waals surface area contributed by atoms with Crippen LogP contribution >= 0.6 is 0 Å². The van der Waals surface area contributed by atoms with E-state index in [9.17, 15) is 0 Å². The van der Waals surface area contributed by atoms with Gasteiger partial charge in [0.1, 0.15) is 6.07 Å². The van der Waals surface area contributed by atoms with Crippen LogP contribution in [-0.4, -0.2) is 6.04 Å². The summed E-state index contributed by atoms with van der Waals surface area (Å²) in [6.45, 7) is 1.93. The van der Waals surface area contributed by atoms with Crippen LogP contribution in [0, 0.1) is 11.3 Å². The van der Waals surface area contributed by atoms with Gasteiger partial charge < -0.3 is 11.5 Å². The molecule has 3 heteroatoms. The van der Waals surface area contributed by atoms with Gasteiger partial charge in [0, 0.05) is 11.7 Å². The Morgan fingerprint density at radius 3 is 2.77 bits per heavy atom. The molecule has 0 spiro atoms. The number of anilines is 1. The van der Waals surface area contributed by atoms with Gasteiger partial charge in [0.15, 0.2) is 0 Å². The van der Waals surface area contributed by atoms with E-state index in [1.807, 2.05) is 19.1 Å². The van der Waals surface area contributed by atoms with Crippen molar-refractivity contribution in [2.45, 2.75) is 19.4 Å². The lowest BCUT2D eigenvalue weighted by Gasteiger charge is -2.06. The van der Waals surface area contributed by atoms with Crippen LogP contribution in [0.3, 0.4) is 0 Å². The minimum absolute atomic E-state index is 0.107. The normalized spacial score (nSPS) is 12.1. The highest BCUT2D eigenvalue weighted by atomic mass is 14.6. The minimum Gasteiger partial charge on any atom is -0.398 e. The number of nitriles is 1. The Morgan fingerprint density at radius 1 is 1.54 bits per heavy atom. The van der Waals surface area contributed by atoms with Crippen LogP contribution < -0.4 is 11.5 Å². The molecule has 4 N–H and O–H groups in total. The average Bonchev–Trinajstić information content (AvgIpc) is 2.07. The van der Waals surface area contributed by atoms with Crippen molar-refractivity contribution >= 4 is 5.69 Å². The van der Waals surface area contributed by atoms with E-state index in [0.717, 1.165) is 12.0 Å². The van der Waals surface area contributed by atoms with Gasteiger partial charge in [-0.3, -0.25) is 0 Å². The van der Waals surface area contributed by atoms with Gasteiger partial charge in [-0.15, -0.1) is 0 Å². The molecule has 0 aliphatic carbocycles. The summed E-state index contributed by atoms with van der Waals surface area (Å²) in [6, 6.07) is 7.59. The van der Waals surface area contributed by atoms with Gasteiger partial charge in [0.05, 0.1) is 5.56 Å². The lowest BCUT2D eigenvalue weighted by atomic mass is 10.0. The molecule has 0 radical (unpaired) electrons. The first-order valence-electron chi connectivity index (χ1n) is 4.17. The molecule has 0 unspecified atom stereocenters. The first-order chi connectivity index (χ1) is 6.13. The van der Waals surface area contributed by atoms with Gasteiger partial charge in [-0.2, -0.15) is 5.26 Å². The molecule has 1 aromatic rings. The topological polar surface area (TPSA) is 75.8 Å². The highest BCUT2D eigenvalue weighted by Crippen LogP contribution is 2.13. The molecular weight excluding hydrogens is 162 g/mol. The van der Waals surface area contributed by atoms with Gasteiger partial charge in [-0.1, -0.05) is 6.07 Å². The second kappa shape index (κ2) is 3.92. The van der Waals surface area contributed by atoms with E-state index < -0.39 is 0 Å². The number of benzene rings is 1. The van der Waals surface area contributed by atoms with Gasteiger partial charge in [0.25, 0.3) is 0 Å². The van der Waals surface area contributed by atoms with Crippen molar-refractivity contribution in [1.82, 2.24) is 0 Å². The summed E-state index contributed by atoms with van der Waals surface area (Å²) < 4.78 is 0. The van der Waals surface area contributed by atoms with Gasteiger partial charge >= 0.3 is 0 Å². The maximum atomic E-state index is 8.72.